The molecular formula is C59H94O4. The van der Waals surface area contributed by atoms with Crippen LogP contribution in [0.3, 0.4) is 0 Å². The highest BCUT2D eigenvalue weighted by atomic mass is 16.6. The van der Waals surface area contributed by atoms with Gasteiger partial charge in [-0.25, -0.2) is 4.79 Å². The van der Waals surface area contributed by atoms with Crippen molar-refractivity contribution in [3.05, 3.63) is 35.5 Å². The summed E-state index contributed by atoms with van der Waals surface area (Å²) in [5.41, 5.74) is 4.83. The molecule has 354 valence electrons. The van der Waals surface area contributed by atoms with E-state index in [0.717, 1.165) is 85.9 Å². The Labute approximate surface area is 386 Å². The quantitative estimate of drug-likeness (QED) is 0.0562. The third-order valence-corrected chi connectivity index (χ3v) is 21.5. The second kappa shape index (κ2) is 20.2. The first-order valence-corrected chi connectivity index (χ1v) is 27.8. The number of ether oxygens (including phenoxy) is 2. The third kappa shape index (κ3) is 9.53. The van der Waals surface area contributed by atoms with Gasteiger partial charge in [0.2, 0.25) is 0 Å². The Balaban J connectivity index is 0.781. The maximum Gasteiger partial charge on any atom is 0.334 e. The number of carbonyl (C=O) groups excluding carboxylic acids is 2. The molecule has 0 aromatic rings. The lowest BCUT2D eigenvalue weighted by molar-refractivity contribution is -0.154. The zero-order valence-corrected chi connectivity index (χ0v) is 41.7. The van der Waals surface area contributed by atoms with Crippen LogP contribution < -0.4 is 0 Å². The van der Waals surface area contributed by atoms with Crippen LogP contribution in [0, 0.1) is 69.0 Å². The summed E-state index contributed by atoms with van der Waals surface area (Å²) in [4.78, 5) is 26.9. The highest BCUT2D eigenvalue weighted by molar-refractivity contribution is 5.93. The van der Waals surface area contributed by atoms with E-state index in [2.05, 4.69) is 60.3 Å². The van der Waals surface area contributed by atoms with Crippen LogP contribution in [0.2, 0.25) is 0 Å². The van der Waals surface area contributed by atoms with Crippen molar-refractivity contribution in [2.45, 2.75) is 253 Å². The van der Waals surface area contributed by atoms with Gasteiger partial charge in [-0.15, -0.1) is 0 Å². The van der Waals surface area contributed by atoms with E-state index < -0.39 is 5.97 Å². The maximum absolute atomic E-state index is 13.5. The summed E-state index contributed by atoms with van der Waals surface area (Å²) in [6.07, 6.45) is 44.0. The lowest BCUT2D eigenvalue weighted by atomic mass is 9.47. The first-order chi connectivity index (χ1) is 30.3. The second-order valence-corrected chi connectivity index (χ2v) is 24.7. The average molecular weight is 867 g/mol. The minimum Gasteiger partial charge on any atom is -0.462 e. The molecule has 0 N–H and O–H groups in total. The van der Waals surface area contributed by atoms with Gasteiger partial charge in [-0.05, 0) is 172 Å². The molecule has 6 saturated carbocycles. The molecule has 0 radical (unpaired) electrons. The molecule has 14 unspecified atom stereocenters. The van der Waals surface area contributed by atoms with Crippen molar-refractivity contribution in [2.24, 2.45) is 69.0 Å². The van der Waals surface area contributed by atoms with Gasteiger partial charge in [0.15, 0.2) is 0 Å². The van der Waals surface area contributed by atoms with Crippen LogP contribution in [0.4, 0.5) is 0 Å². The number of allylic oxidation sites excluding steroid dienone is 2. The first-order valence-electron chi connectivity index (χ1n) is 27.8. The van der Waals surface area contributed by atoms with E-state index in [0.29, 0.717) is 10.8 Å². The number of unbranched alkanes of at least 4 members (excludes halogenated alkanes) is 10. The Morgan fingerprint density at radius 2 is 1.00 bits per heavy atom. The van der Waals surface area contributed by atoms with Gasteiger partial charge < -0.3 is 9.47 Å². The molecule has 0 aromatic heterocycles. The number of hydrogen-bond donors (Lipinski definition) is 0. The number of fused-ring (bicyclic) bond motifs is 10. The third-order valence-electron chi connectivity index (χ3n) is 21.5. The normalized spacial score (nSPS) is 41.4. The summed E-state index contributed by atoms with van der Waals surface area (Å²) >= 11 is 0. The highest BCUT2D eigenvalue weighted by Crippen LogP contribution is 2.68. The monoisotopic (exact) mass is 867 g/mol. The van der Waals surface area contributed by atoms with Gasteiger partial charge in [-0.1, -0.05) is 148 Å². The van der Waals surface area contributed by atoms with Crippen LogP contribution >= 0.6 is 0 Å². The summed E-state index contributed by atoms with van der Waals surface area (Å²) in [7, 11) is 0. The molecule has 8 aliphatic carbocycles. The Morgan fingerprint density at radius 1 is 0.556 bits per heavy atom. The molecule has 8 aliphatic rings. The van der Waals surface area contributed by atoms with Gasteiger partial charge in [0.05, 0.1) is 6.42 Å². The second-order valence-electron chi connectivity index (χ2n) is 24.7. The van der Waals surface area contributed by atoms with Crippen molar-refractivity contribution in [1.82, 2.24) is 0 Å². The zero-order chi connectivity index (χ0) is 44.4. The molecule has 8 rings (SSSR count). The van der Waals surface area contributed by atoms with Crippen molar-refractivity contribution in [2.75, 3.05) is 0 Å². The van der Waals surface area contributed by atoms with Crippen molar-refractivity contribution in [1.29, 1.82) is 0 Å². The van der Waals surface area contributed by atoms with Crippen LogP contribution in [0.5, 0.6) is 0 Å². The van der Waals surface area contributed by atoms with Crippen LogP contribution in [0.25, 0.3) is 0 Å². The molecule has 0 saturated heterocycles. The van der Waals surface area contributed by atoms with Gasteiger partial charge in [0.25, 0.3) is 0 Å². The summed E-state index contributed by atoms with van der Waals surface area (Å²) in [5.74, 6) is 5.99. The molecule has 14 atom stereocenters. The average Bonchev–Trinajstić information content (AvgIpc) is 3.79. The van der Waals surface area contributed by atoms with E-state index in [9.17, 15) is 9.59 Å². The lowest BCUT2D eigenvalue weighted by Crippen LogP contribution is -2.50. The van der Waals surface area contributed by atoms with E-state index in [1.165, 1.54) is 160 Å². The van der Waals surface area contributed by atoms with Crippen molar-refractivity contribution in [3.8, 4) is 0 Å². The molecule has 63 heavy (non-hydrogen) atoms. The summed E-state index contributed by atoms with van der Waals surface area (Å²) < 4.78 is 12.3. The Bertz CT molecular complexity index is 1670. The summed E-state index contributed by atoms with van der Waals surface area (Å²) in [6.45, 7) is 19.2. The fraction of sp³-hybridized carbons (Fsp3) is 0.864. The number of carbonyl (C=O) groups is 2. The van der Waals surface area contributed by atoms with Crippen LogP contribution in [-0.2, 0) is 19.1 Å². The Hall–Kier alpha value is -1.84. The smallest absolute Gasteiger partial charge is 0.334 e. The van der Waals surface area contributed by atoms with E-state index in [1.807, 2.05) is 0 Å². The molecule has 4 nitrogen and oxygen atoms in total. The highest BCUT2D eigenvalue weighted by Gasteiger charge is 2.60. The first kappa shape index (κ1) is 47.6. The van der Waals surface area contributed by atoms with E-state index in [-0.39, 0.29) is 41.0 Å². The molecule has 0 heterocycles. The van der Waals surface area contributed by atoms with E-state index in [4.69, 9.17) is 9.47 Å². The van der Waals surface area contributed by atoms with E-state index in [1.54, 1.807) is 5.57 Å². The van der Waals surface area contributed by atoms with Gasteiger partial charge in [0.1, 0.15) is 12.2 Å². The molecule has 0 aromatic carbocycles. The van der Waals surface area contributed by atoms with Crippen LogP contribution in [0.15, 0.2) is 35.5 Å². The fourth-order valence-electron chi connectivity index (χ4n) is 17.7. The predicted molar refractivity (Wildman–Crippen MR) is 260 cm³/mol. The van der Waals surface area contributed by atoms with Crippen molar-refractivity contribution < 1.29 is 19.1 Å². The zero-order valence-electron chi connectivity index (χ0n) is 41.7. The van der Waals surface area contributed by atoms with Crippen molar-refractivity contribution in [3.63, 3.8) is 0 Å². The van der Waals surface area contributed by atoms with Crippen LogP contribution in [-0.4, -0.2) is 24.1 Å². The molecular weight excluding hydrogens is 773 g/mol. The van der Waals surface area contributed by atoms with Crippen molar-refractivity contribution >= 4 is 11.9 Å². The SMILES string of the molecule is C=C(CC(=O)OC1CCC2(C)C(=CCC3C2CCC2(C)C(CCCCCCCC)CCC32)C1)C(=O)OC1CCC2(C)C(=CCC3C2CCC2(C)C(CCCCCCCC)CCC32)C1. The molecule has 0 aliphatic heterocycles. The predicted octanol–water partition coefficient (Wildman–Crippen LogP) is 16.4. The van der Waals surface area contributed by atoms with Crippen LogP contribution in [0.1, 0.15) is 241 Å². The number of esters is 2. The molecule has 0 bridgehead atoms. The molecule has 4 heteroatoms. The Kier molecular flexibility index (Phi) is 15.3. The standard InChI is InChI=1S/C59H94O4/c1-8-10-12-14-16-18-20-42-24-28-50-48-26-22-44-39-46(30-34-58(44,6)52(48)32-36-56(42,50)4)62-54(60)38-41(3)55(61)63-47-31-35-59(7)45(40-47)23-27-49-51-29-25-43(21-19-17-15-13-11-9-2)57(51,5)37-33-53(49)59/h22-23,42-43,46-53H,3,8-21,24-40H2,1-2,4-7H3. The number of rotatable bonds is 19. The minimum atomic E-state index is -0.409. The topological polar surface area (TPSA) is 52.6 Å². The molecule has 0 amide bonds. The van der Waals surface area contributed by atoms with Gasteiger partial charge >= 0.3 is 11.9 Å². The van der Waals surface area contributed by atoms with Gasteiger partial charge in [-0.3, -0.25) is 4.79 Å². The molecule has 0 spiro atoms. The minimum absolute atomic E-state index is 0.0760. The maximum atomic E-state index is 13.5. The van der Waals surface area contributed by atoms with E-state index >= 15 is 0 Å². The lowest BCUT2D eigenvalue weighted by Gasteiger charge is -2.58. The summed E-state index contributed by atoms with van der Waals surface area (Å²) in [5, 5.41) is 0. The largest absolute Gasteiger partial charge is 0.462 e. The fourth-order valence-corrected chi connectivity index (χ4v) is 17.7. The van der Waals surface area contributed by atoms with Gasteiger partial charge in [-0.2, -0.15) is 0 Å². The summed E-state index contributed by atoms with van der Waals surface area (Å²) in [6, 6.07) is 0. The Morgan fingerprint density at radius 3 is 1.48 bits per heavy atom. The molecule has 6 fully saturated rings. The van der Waals surface area contributed by atoms with Gasteiger partial charge in [0, 0.05) is 18.4 Å². The number of hydrogen-bond acceptors (Lipinski definition) is 4.